The quantitative estimate of drug-likeness (QED) is 0.229. The molecule has 1 saturated heterocycles. The van der Waals surface area contributed by atoms with E-state index in [1.165, 1.54) is 17.0 Å². The predicted octanol–water partition coefficient (Wildman–Crippen LogP) is 4.14. The molecule has 0 aliphatic carbocycles. The van der Waals surface area contributed by atoms with Gasteiger partial charge in [0, 0.05) is 24.3 Å². The number of hydrogen-bond donors (Lipinski definition) is 1. The van der Waals surface area contributed by atoms with Crippen molar-refractivity contribution in [2.45, 2.75) is 46.0 Å². The number of unbranched alkanes of at least 4 members (excludes halogenated alkanes) is 2. The van der Waals surface area contributed by atoms with E-state index in [2.05, 4.69) is 12.2 Å². The summed E-state index contributed by atoms with van der Waals surface area (Å²) in [7, 11) is 0. The molecule has 0 saturated carbocycles. The highest BCUT2D eigenvalue weighted by Crippen LogP contribution is 2.26. The van der Waals surface area contributed by atoms with E-state index in [4.69, 9.17) is 14.2 Å². The third-order valence-corrected chi connectivity index (χ3v) is 6.04. The smallest absolute Gasteiger partial charge is 0.338 e. The summed E-state index contributed by atoms with van der Waals surface area (Å²) in [6.07, 6.45) is 3.51. The van der Waals surface area contributed by atoms with E-state index in [0.29, 0.717) is 35.7 Å². The maximum absolute atomic E-state index is 12.5. The van der Waals surface area contributed by atoms with Gasteiger partial charge in [0.2, 0.25) is 5.91 Å². The summed E-state index contributed by atoms with van der Waals surface area (Å²) in [5.74, 6) is -3.04. The molecule has 1 fully saturated rings. The molecule has 10 nitrogen and oxygen atoms in total. The van der Waals surface area contributed by atoms with Gasteiger partial charge in [0.05, 0.1) is 30.3 Å². The number of carbonyl (C=O) groups excluding carboxylic acids is 5. The van der Waals surface area contributed by atoms with Crippen molar-refractivity contribution in [1.82, 2.24) is 0 Å². The molecule has 3 rings (SSSR count). The van der Waals surface area contributed by atoms with Crippen molar-refractivity contribution in [3.63, 3.8) is 0 Å². The van der Waals surface area contributed by atoms with Crippen LogP contribution in [0, 0.1) is 5.92 Å². The fourth-order valence-electron chi connectivity index (χ4n) is 3.91. The van der Waals surface area contributed by atoms with Crippen molar-refractivity contribution in [2.75, 3.05) is 36.6 Å². The number of amides is 2. The van der Waals surface area contributed by atoms with Gasteiger partial charge in [-0.25, -0.2) is 9.59 Å². The molecule has 1 atom stereocenters. The first-order valence-corrected chi connectivity index (χ1v) is 13.1. The van der Waals surface area contributed by atoms with Crippen molar-refractivity contribution in [2.24, 2.45) is 5.92 Å². The average molecular weight is 539 g/mol. The number of nitrogens with zero attached hydrogens (tertiary/aromatic N) is 1. The lowest BCUT2D eigenvalue weighted by molar-refractivity contribution is -0.151. The zero-order chi connectivity index (χ0) is 28.2. The van der Waals surface area contributed by atoms with Crippen molar-refractivity contribution < 1.29 is 38.2 Å². The van der Waals surface area contributed by atoms with Crippen molar-refractivity contribution in [1.29, 1.82) is 0 Å². The second-order valence-electron chi connectivity index (χ2n) is 9.16. The summed E-state index contributed by atoms with van der Waals surface area (Å²) < 4.78 is 15.4. The molecule has 1 aliphatic rings. The van der Waals surface area contributed by atoms with Gasteiger partial charge < -0.3 is 24.4 Å². The van der Waals surface area contributed by atoms with Crippen molar-refractivity contribution in [3.8, 4) is 0 Å². The Morgan fingerprint density at radius 1 is 0.821 bits per heavy atom. The lowest BCUT2D eigenvalue weighted by Gasteiger charge is -2.17. The maximum Gasteiger partial charge on any atom is 0.338 e. The number of rotatable bonds is 13. The zero-order valence-corrected chi connectivity index (χ0v) is 22.3. The van der Waals surface area contributed by atoms with Crippen LogP contribution in [-0.4, -0.2) is 56.1 Å². The van der Waals surface area contributed by atoms with Gasteiger partial charge in [0.15, 0.2) is 6.61 Å². The number of carbonyl (C=O) groups is 5. The van der Waals surface area contributed by atoms with Crippen LogP contribution < -0.4 is 10.2 Å². The predicted molar refractivity (Wildman–Crippen MR) is 143 cm³/mol. The lowest BCUT2D eigenvalue weighted by Crippen LogP contribution is -2.28. The second kappa shape index (κ2) is 14.7. The van der Waals surface area contributed by atoms with Gasteiger partial charge in [-0.15, -0.1) is 0 Å². The fraction of sp³-hybridized carbons (Fsp3) is 0.414. The molecule has 2 amide bonds. The lowest BCUT2D eigenvalue weighted by atomic mass is 10.1. The molecular weight excluding hydrogens is 504 g/mol. The summed E-state index contributed by atoms with van der Waals surface area (Å²) in [4.78, 5) is 62.8. The molecule has 0 spiro atoms. The monoisotopic (exact) mass is 538 g/mol. The van der Waals surface area contributed by atoms with E-state index in [0.717, 1.165) is 25.7 Å². The molecule has 0 unspecified atom stereocenters. The first-order chi connectivity index (χ1) is 18.8. The Bertz CT molecular complexity index is 1160. The van der Waals surface area contributed by atoms with E-state index in [1.54, 1.807) is 36.4 Å². The van der Waals surface area contributed by atoms with Crippen LogP contribution in [0.15, 0.2) is 48.5 Å². The van der Waals surface area contributed by atoms with Gasteiger partial charge in [-0.3, -0.25) is 14.4 Å². The number of esters is 3. The van der Waals surface area contributed by atoms with Crippen LogP contribution in [0.2, 0.25) is 0 Å². The first kappa shape index (κ1) is 29.3. The number of benzene rings is 2. The van der Waals surface area contributed by atoms with Crippen LogP contribution in [0.1, 0.15) is 66.7 Å². The topological polar surface area (TPSA) is 128 Å². The zero-order valence-electron chi connectivity index (χ0n) is 22.3. The molecule has 1 aliphatic heterocycles. The summed E-state index contributed by atoms with van der Waals surface area (Å²) in [6.45, 7) is 4.25. The fourth-order valence-corrected chi connectivity index (χ4v) is 3.91. The second-order valence-corrected chi connectivity index (χ2v) is 9.16. The Labute approximate surface area is 227 Å². The third-order valence-electron chi connectivity index (χ3n) is 6.04. The van der Waals surface area contributed by atoms with Crippen LogP contribution in [0.5, 0.6) is 0 Å². The SMILES string of the molecule is CCCCCOC(=O)c1ccc(N2C[C@@H](C(=O)OCC(=O)Nc3ccc(C(=O)OCCC)cc3)CC2=O)cc1. The van der Waals surface area contributed by atoms with E-state index in [-0.39, 0.29) is 18.9 Å². The van der Waals surface area contributed by atoms with Gasteiger partial charge in [0.25, 0.3) is 5.91 Å². The van der Waals surface area contributed by atoms with Crippen LogP contribution in [0.3, 0.4) is 0 Å². The molecule has 1 N–H and O–H groups in total. The van der Waals surface area contributed by atoms with Gasteiger partial charge >= 0.3 is 17.9 Å². The summed E-state index contributed by atoms with van der Waals surface area (Å²) in [5, 5.41) is 2.59. The molecule has 0 aromatic heterocycles. The van der Waals surface area contributed by atoms with Crippen LogP contribution in [-0.2, 0) is 28.6 Å². The van der Waals surface area contributed by atoms with Crippen LogP contribution in [0.4, 0.5) is 11.4 Å². The van der Waals surface area contributed by atoms with Gasteiger partial charge in [-0.1, -0.05) is 26.7 Å². The van der Waals surface area contributed by atoms with Crippen LogP contribution >= 0.6 is 0 Å². The van der Waals surface area contributed by atoms with Crippen LogP contribution in [0.25, 0.3) is 0 Å². The van der Waals surface area contributed by atoms with Crippen molar-refractivity contribution in [3.05, 3.63) is 59.7 Å². The Balaban J connectivity index is 1.45. The summed E-state index contributed by atoms with van der Waals surface area (Å²) in [5.41, 5.74) is 1.73. The number of ether oxygens (including phenoxy) is 3. The Hall–Kier alpha value is -4.21. The summed E-state index contributed by atoms with van der Waals surface area (Å²) >= 11 is 0. The largest absolute Gasteiger partial charge is 0.462 e. The van der Waals surface area contributed by atoms with E-state index >= 15 is 0 Å². The van der Waals surface area contributed by atoms with E-state index < -0.39 is 36.3 Å². The minimum Gasteiger partial charge on any atom is -0.462 e. The van der Waals surface area contributed by atoms with Gasteiger partial charge in [-0.2, -0.15) is 0 Å². The third kappa shape index (κ3) is 8.66. The van der Waals surface area contributed by atoms with E-state index in [1.807, 2.05) is 6.92 Å². The average Bonchev–Trinajstić information content (AvgIpc) is 3.34. The number of nitrogens with one attached hydrogen (secondary N) is 1. The summed E-state index contributed by atoms with van der Waals surface area (Å²) in [6, 6.07) is 12.6. The molecule has 0 radical (unpaired) electrons. The molecule has 2 aromatic rings. The molecular formula is C29H34N2O8. The highest BCUT2D eigenvalue weighted by atomic mass is 16.5. The van der Waals surface area contributed by atoms with Gasteiger partial charge in [0.1, 0.15) is 0 Å². The molecule has 10 heteroatoms. The molecule has 0 bridgehead atoms. The highest BCUT2D eigenvalue weighted by Gasteiger charge is 2.36. The Morgan fingerprint density at radius 2 is 1.44 bits per heavy atom. The number of anilines is 2. The van der Waals surface area contributed by atoms with Gasteiger partial charge in [-0.05, 0) is 61.4 Å². The molecule has 1 heterocycles. The molecule has 2 aromatic carbocycles. The Kier molecular flexibility index (Phi) is 11.0. The standard InChI is InChI=1S/C29H34N2O8/c1-3-5-6-16-38-28(35)21-9-13-24(14-10-21)31-18-22(17-26(31)33)29(36)39-19-25(32)30-23-11-7-20(8-12-23)27(34)37-15-4-2/h7-14,22H,3-6,15-19H2,1-2H3,(H,30,32)/t22-/m0/s1. The van der Waals surface area contributed by atoms with E-state index in [9.17, 15) is 24.0 Å². The number of hydrogen-bond acceptors (Lipinski definition) is 8. The molecule has 208 valence electrons. The normalized spacial score (nSPS) is 14.6. The first-order valence-electron chi connectivity index (χ1n) is 13.1. The minimum atomic E-state index is -0.720. The highest BCUT2D eigenvalue weighted by molar-refractivity contribution is 6.00. The maximum atomic E-state index is 12.5. The van der Waals surface area contributed by atoms with Crippen molar-refractivity contribution >= 4 is 41.1 Å². The molecule has 39 heavy (non-hydrogen) atoms. The Morgan fingerprint density at radius 3 is 2.05 bits per heavy atom. The minimum absolute atomic E-state index is 0.0444.